The summed E-state index contributed by atoms with van der Waals surface area (Å²) >= 11 is 0. The fourth-order valence-electron chi connectivity index (χ4n) is 0.898. The second kappa shape index (κ2) is 2.58. The van der Waals surface area contributed by atoms with Gasteiger partial charge in [-0.3, -0.25) is 0 Å². The molecule has 0 saturated carbocycles. The molecule has 0 aromatic heterocycles. The number of rotatable bonds is 1. The zero-order valence-electron chi connectivity index (χ0n) is 6.96. The SMILES string of the molecule is CC(C)C1(N)C=CC(N)=CN1. The van der Waals surface area contributed by atoms with Crippen LogP contribution in [0.2, 0.25) is 0 Å². The first-order valence-electron chi connectivity index (χ1n) is 3.76. The fraction of sp³-hybridized carbons (Fsp3) is 0.500. The molecule has 5 N–H and O–H groups in total. The van der Waals surface area contributed by atoms with Gasteiger partial charge in [0, 0.05) is 11.9 Å². The number of nitrogens with one attached hydrogen (secondary N) is 1. The quantitative estimate of drug-likeness (QED) is 0.506. The lowest BCUT2D eigenvalue weighted by Gasteiger charge is -2.33. The van der Waals surface area contributed by atoms with Crippen molar-refractivity contribution in [3.63, 3.8) is 0 Å². The maximum absolute atomic E-state index is 5.97. The Balaban J connectivity index is 2.74. The summed E-state index contributed by atoms with van der Waals surface area (Å²) in [5.74, 6) is 0.350. The summed E-state index contributed by atoms with van der Waals surface area (Å²) in [6.07, 6.45) is 5.46. The van der Waals surface area contributed by atoms with E-state index in [0.717, 1.165) is 0 Å². The van der Waals surface area contributed by atoms with Gasteiger partial charge in [-0.15, -0.1) is 0 Å². The minimum Gasteiger partial charge on any atom is -0.398 e. The number of hydrogen-bond donors (Lipinski definition) is 3. The van der Waals surface area contributed by atoms with Gasteiger partial charge in [-0.05, 0) is 18.1 Å². The highest BCUT2D eigenvalue weighted by molar-refractivity contribution is 5.25. The van der Waals surface area contributed by atoms with Crippen LogP contribution >= 0.6 is 0 Å². The highest BCUT2D eigenvalue weighted by atomic mass is 15.1. The summed E-state index contributed by atoms with van der Waals surface area (Å²) in [6.45, 7) is 4.12. The minimum atomic E-state index is -0.428. The Bertz CT molecular complexity index is 205. The lowest BCUT2D eigenvalue weighted by atomic mass is 9.95. The molecule has 0 fully saturated rings. The first-order valence-corrected chi connectivity index (χ1v) is 3.76. The molecule has 0 aromatic rings. The van der Waals surface area contributed by atoms with Crippen LogP contribution in [0.25, 0.3) is 0 Å². The van der Waals surface area contributed by atoms with Crippen molar-refractivity contribution >= 4 is 0 Å². The van der Waals surface area contributed by atoms with Crippen molar-refractivity contribution in [2.45, 2.75) is 19.5 Å². The van der Waals surface area contributed by atoms with Gasteiger partial charge in [0.05, 0.1) is 0 Å². The first kappa shape index (κ1) is 8.14. The standard InChI is InChI=1S/C8H15N3/c1-6(2)8(10)4-3-7(9)5-11-8/h3-6,11H,9-10H2,1-2H3. The van der Waals surface area contributed by atoms with Gasteiger partial charge in [0.2, 0.25) is 0 Å². The van der Waals surface area contributed by atoms with Crippen LogP contribution in [0.15, 0.2) is 24.0 Å². The van der Waals surface area contributed by atoms with Crippen molar-refractivity contribution < 1.29 is 0 Å². The molecule has 0 bridgehead atoms. The molecule has 1 heterocycles. The summed E-state index contributed by atoms with van der Waals surface area (Å²) in [7, 11) is 0. The second-order valence-electron chi connectivity index (χ2n) is 3.21. The highest BCUT2D eigenvalue weighted by Gasteiger charge is 2.25. The largest absolute Gasteiger partial charge is 0.398 e. The van der Waals surface area contributed by atoms with Crippen LogP contribution in [-0.4, -0.2) is 5.66 Å². The van der Waals surface area contributed by atoms with E-state index >= 15 is 0 Å². The average Bonchev–Trinajstić information content (AvgIpc) is 1.95. The molecule has 0 aliphatic carbocycles. The third-order valence-corrected chi connectivity index (χ3v) is 2.00. The Morgan fingerprint density at radius 2 is 2.18 bits per heavy atom. The summed E-state index contributed by atoms with van der Waals surface area (Å²) < 4.78 is 0. The van der Waals surface area contributed by atoms with Gasteiger partial charge in [0.15, 0.2) is 0 Å². The molecule has 62 valence electrons. The van der Waals surface area contributed by atoms with E-state index in [1.54, 1.807) is 6.20 Å². The topological polar surface area (TPSA) is 64.1 Å². The van der Waals surface area contributed by atoms with Gasteiger partial charge >= 0.3 is 0 Å². The lowest BCUT2D eigenvalue weighted by molar-refractivity contribution is 0.342. The van der Waals surface area contributed by atoms with Crippen molar-refractivity contribution in [1.82, 2.24) is 5.32 Å². The van der Waals surface area contributed by atoms with E-state index in [-0.39, 0.29) is 0 Å². The molecule has 0 aromatic carbocycles. The van der Waals surface area contributed by atoms with Gasteiger partial charge in [-0.1, -0.05) is 13.8 Å². The van der Waals surface area contributed by atoms with E-state index in [9.17, 15) is 0 Å². The Morgan fingerprint density at radius 1 is 1.55 bits per heavy atom. The first-order chi connectivity index (χ1) is 5.04. The average molecular weight is 153 g/mol. The van der Waals surface area contributed by atoms with Crippen molar-refractivity contribution in [3.8, 4) is 0 Å². The number of dihydropyridines is 1. The molecule has 0 spiro atoms. The molecule has 3 nitrogen and oxygen atoms in total. The van der Waals surface area contributed by atoms with E-state index in [4.69, 9.17) is 11.5 Å². The predicted molar refractivity (Wildman–Crippen MR) is 46.3 cm³/mol. The monoisotopic (exact) mass is 153 g/mol. The summed E-state index contributed by atoms with van der Waals surface area (Å²) in [5, 5.41) is 3.05. The second-order valence-corrected chi connectivity index (χ2v) is 3.21. The van der Waals surface area contributed by atoms with Crippen LogP contribution in [-0.2, 0) is 0 Å². The molecule has 1 aliphatic rings. The maximum Gasteiger partial charge on any atom is 0.107 e. The van der Waals surface area contributed by atoms with Crippen molar-refractivity contribution in [1.29, 1.82) is 0 Å². The van der Waals surface area contributed by atoms with Gasteiger partial charge < -0.3 is 16.8 Å². The van der Waals surface area contributed by atoms with E-state index in [0.29, 0.717) is 11.6 Å². The summed E-state index contributed by atoms with van der Waals surface area (Å²) in [6, 6.07) is 0. The molecule has 11 heavy (non-hydrogen) atoms. The molecule has 0 saturated heterocycles. The van der Waals surface area contributed by atoms with Crippen LogP contribution in [0.3, 0.4) is 0 Å². The van der Waals surface area contributed by atoms with E-state index in [2.05, 4.69) is 19.2 Å². The molecule has 3 heteroatoms. The van der Waals surface area contributed by atoms with Crippen molar-refractivity contribution in [2.24, 2.45) is 17.4 Å². The number of nitrogens with two attached hydrogens (primary N) is 2. The van der Waals surface area contributed by atoms with E-state index < -0.39 is 5.66 Å². The Morgan fingerprint density at radius 3 is 2.55 bits per heavy atom. The third kappa shape index (κ3) is 1.54. The van der Waals surface area contributed by atoms with Gasteiger partial charge in [0.1, 0.15) is 5.66 Å². The summed E-state index contributed by atoms with van der Waals surface area (Å²) in [4.78, 5) is 0. The lowest BCUT2D eigenvalue weighted by Crippen LogP contribution is -2.55. The van der Waals surface area contributed by atoms with Crippen LogP contribution in [0.5, 0.6) is 0 Å². The molecule has 0 radical (unpaired) electrons. The molecule has 1 aliphatic heterocycles. The van der Waals surface area contributed by atoms with Gasteiger partial charge in [0.25, 0.3) is 0 Å². The number of hydrogen-bond acceptors (Lipinski definition) is 3. The summed E-state index contributed by atoms with van der Waals surface area (Å²) in [5.41, 5.74) is 11.8. The molecular weight excluding hydrogens is 138 g/mol. The molecule has 1 rings (SSSR count). The van der Waals surface area contributed by atoms with E-state index in [1.807, 2.05) is 12.2 Å². The predicted octanol–water partition coefficient (Wildman–Crippen LogP) is 0.257. The van der Waals surface area contributed by atoms with Gasteiger partial charge in [-0.2, -0.15) is 0 Å². The van der Waals surface area contributed by atoms with Crippen molar-refractivity contribution in [2.75, 3.05) is 0 Å². The van der Waals surface area contributed by atoms with Crippen LogP contribution < -0.4 is 16.8 Å². The van der Waals surface area contributed by atoms with E-state index in [1.165, 1.54) is 0 Å². The smallest absolute Gasteiger partial charge is 0.107 e. The maximum atomic E-state index is 5.97. The van der Waals surface area contributed by atoms with Gasteiger partial charge in [-0.25, -0.2) is 0 Å². The zero-order valence-corrected chi connectivity index (χ0v) is 6.96. The normalized spacial score (nSPS) is 30.0. The Kier molecular flexibility index (Phi) is 1.91. The van der Waals surface area contributed by atoms with Crippen LogP contribution in [0.4, 0.5) is 0 Å². The molecule has 0 amide bonds. The molecular formula is C8H15N3. The fourth-order valence-corrected chi connectivity index (χ4v) is 0.898. The van der Waals surface area contributed by atoms with Crippen LogP contribution in [0, 0.1) is 5.92 Å². The zero-order chi connectivity index (χ0) is 8.48. The molecule has 1 unspecified atom stereocenters. The third-order valence-electron chi connectivity index (χ3n) is 2.00. The Labute approximate surface area is 67.1 Å². The molecule has 1 atom stereocenters. The van der Waals surface area contributed by atoms with Crippen LogP contribution in [0.1, 0.15) is 13.8 Å². The van der Waals surface area contributed by atoms with Crippen molar-refractivity contribution in [3.05, 3.63) is 24.0 Å². The Hall–Kier alpha value is -0.960. The highest BCUT2D eigenvalue weighted by Crippen LogP contribution is 2.15. The number of allylic oxidation sites excluding steroid dienone is 1. The minimum absolute atomic E-state index is 0.350.